The van der Waals surface area contributed by atoms with Gasteiger partial charge in [-0.25, -0.2) is 4.79 Å². The summed E-state index contributed by atoms with van der Waals surface area (Å²) in [4.78, 5) is 29.3. The molecule has 0 spiro atoms. The molecule has 33 heavy (non-hydrogen) atoms. The lowest BCUT2D eigenvalue weighted by Gasteiger charge is -2.21. The van der Waals surface area contributed by atoms with Crippen LogP contribution in [0, 0.1) is 17.2 Å². The number of pyridine rings is 1. The number of thiophene rings is 1. The number of alkyl carbamates (subject to hydrolysis) is 1. The Hall–Kier alpha value is -3.90. The van der Waals surface area contributed by atoms with Crippen molar-refractivity contribution in [3.05, 3.63) is 76.3 Å². The maximum absolute atomic E-state index is 12.3. The first-order chi connectivity index (χ1) is 16.1. The number of amides is 2. The van der Waals surface area contributed by atoms with Crippen molar-refractivity contribution in [2.75, 3.05) is 11.9 Å². The minimum Gasteiger partial charge on any atom is -0.465 e. The highest BCUT2D eigenvalue weighted by Gasteiger charge is 2.27. The molecule has 0 saturated carbocycles. The number of nitriles is 1. The van der Waals surface area contributed by atoms with Gasteiger partial charge in [-0.05, 0) is 66.6 Å². The van der Waals surface area contributed by atoms with Gasteiger partial charge in [0.25, 0.3) is 0 Å². The van der Waals surface area contributed by atoms with Gasteiger partial charge in [0, 0.05) is 29.9 Å². The van der Waals surface area contributed by atoms with E-state index in [-0.39, 0.29) is 11.8 Å². The molecule has 0 aliphatic heterocycles. The summed E-state index contributed by atoms with van der Waals surface area (Å²) < 4.78 is 10.6. The third kappa shape index (κ3) is 5.87. The van der Waals surface area contributed by atoms with Crippen molar-refractivity contribution in [3.8, 4) is 6.07 Å². The van der Waals surface area contributed by atoms with Crippen LogP contribution in [0.3, 0.4) is 0 Å². The molecule has 1 unspecified atom stereocenters. The highest BCUT2D eigenvalue weighted by molar-refractivity contribution is 7.16. The van der Waals surface area contributed by atoms with E-state index in [2.05, 4.69) is 21.7 Å². The lowest BCUT2D eigenvalue weighted by Crippen LogP contribution is -2.27. The molecule has 0 bridgehead atoms. The lowest BCUT2D eigenvalue weighted by molar-refractivity contribution is -0.111. The van der Waals surface area contributed by atoms with Crippen molar-refractivity contribution in [3.63, 3.8) is 0 Å². The van der Waals surface area contributed by atoms with Crippen LogP contribution in [-0.4, -0.2) is 23.6 Å². The van der Waals surface area contributed by atoms with Gasteiger partial charge in [0.15, 0.2) is 0 Å². The number of aromatic nitrogens is 1. The van der Waals surface area contributed by atoms with Gasteiger partial charge in [0.05, 0.1) is 18.4 Å². The van der Waals surface area contributed by atoms with Crippen LogP contribution in [0.2, 0.25) is 0 Å². The minimum atomic E-state index is -0.460. The maximum Gasteiger partial charge on any atom is 0.407 e. The Morgan fingerprint density at radius 2 is 2.18 bits per heavy atom. The highest BCUT2D eigenvalue weighted by Crippen LogP contribution is 2.39. The van der Waals surface area contributed by atoms with Crippen molar-refractivity contribution in [1.82, 2.24) is 10.3 Å². The van der Waals surface area contributed by atoms with E-state index in [0.717, 1.165) is 22.4 Å². The quantitative estimate of drug-likeness (QED) is 0.506. The normalized spacial score (nSPS) is 14.9. The second-order valence-corrected chi connectivity index (χ2v) is 8.68. The van der Waals surface area contributed by atoms with Crippen LogP contribution in [0.4, 0.5) is 9.80 Å². The molecule has 3 heterocycles. The third-order valence-corrected chi connectivity index (χ3v) is 6.46. The first kappa shape index (κ1) is 22.3. The molecule has 4 rings (SSSR count). The number of hydrogen-bond acceptors (Lipinski definition) is 7. The predicted octanol–water partition coefficient (Wildman–Crippen LogP) is 4.29. The number of anilines is 1. The fourth-order valence-corrected chi connectivity index (χ4v) is 4.94. The summed E-state index contributed by atoms with van der Waals surface area (Å²) in [5, 5.41) is 15.7. The van der Waals surface area contributed by atoms with Crippen LogP contribution in [0.25, 0.3) is 6.08 Å². The van der Waals surface area contributed by atoms with Gasteiger partial charge in [0.1, 0.15) is 16.8 Å². The van der Waals surface area contributed by atoms with Crippen molar-refractivity contribution in [2.45, 2.75) is 25.8 Å². The average Bonchev–Trinajstić information content (AvgIpc) is 3.47. The molecular formula is C24H22N4O4S. The molecule has 2 N–H and O–H groups in total. The maximum atomic E-state index is 12.3. The molecule has 1 aliphatic rings. The molecule has 3 aromatic heterocycles. The molecule has 0 radical (unpaired) electrons. The fraction of sp³-hybridized carbons (Fsp3) is 0.250. The van der Waals surface area contributed by atoms with Crippen LogP contribution >= 0.6 is 11.3 Å². The second kappa shape index (κ2) is 10.6. The summed E-state index contributed by atoms with van der Waals surface area (Å²) >= 11 is 1.41. The van der Waals surface area contributed by atoms with E-state index in [1.54, 1.807) is 30.6 Å². The number of carbonyl (C=O) groups is 2. The second-order valence-electron chi connectivity index (χ2n) is 7.57. The third-order valence-electron chi connectivity index (χ3n) is 5.29. The van der Waals surface area contributed by atoms with Crippen molar-refractivity contribution >= 4 is 34.4 Å². The standard InChI is InChI=1S/C24H22N4O4S/c25-13-20-19-5-3-17(15-32-24(30)27-14-16-7-9-26-10-8-16)12-21(19)33-23(20)28-22(29)6-4-18-2-1-11-31-18/h1-2,4,6-11,17H,3,5,12,14-15H2,(H,27,30)(H,28,29). The van der Waals surface area contributed by atoms with Crippen molar-refractivity contribution < 1.29 is 18.7 Å². The summed E-state index contributed by atoms with van der Waals surface area (Å²) in [5.41, 5.74) is 2.44. The Morgan fingerprint density at radius 3 is 2.94 bits per heavy atom. The molecular weight excluding hydrogens is 440 g/mol. The Balaban J connectivity index is 1.31. The first-order valence-corrected chi connectivity index (χ1v) is 11.3. The van der Waals surface area contributed by atoms with Gasteiger partial charge < -0.3 is 19.8 Å². The van der Waals surface area contributed by atoms with Gasteiger partial charge in [0.2, 0.25) is 5.91 Å². The topological polar surface area (TPSA) is 117 Å². The van der Waals surface area contributed by atoms with Gasteiger partial charge in [-0.2, -0.15) is 5.26 Å². The fourth-order valence-electron chi connectivity index (χ4n) is 3.62. The molecule has 0 aromatic carbocycles. The summed E-state index contributed by atoms with van der Waals surface area (Å²) in [6.45, 7) is 0.680. The van der Waals surface area contributed by atoms with E-state index < -0.39 is 6.09 Å². The number of rotatable bonds is 7. The lowest BCUT2D eigenvalue weighted by atomic mass is 9.88. The monoisotopic (exact) mass is 462 g/mol. The molecule has 9 heteroatoms. The number of nitrogens with zero attached hydrogens (tertiary/aromatic N) is 2. The van der Waals surface area contributed by atoms with E-state index in [0.29, 0.717) is 42.3 Å². The van der Waals surface area contributed by atoms with Crippen molar-refractivity contribution in [1.29, 1.82) is 5.26 Å². The molecule has 0 fully saturated rings. The van der Waals surface area contributed by atoms with Gasteiger partial charge in [-0.1, -0.05) is 0 Å². The number of fused-ring (bicyclic) bond motifs is 1. The van der Waals surface area contributed by atoms with E-state index >= 15 is 0 Å². The van der Waals surface area contributed by atoms with Crippen LogP contribution in [0.1, 0.15) is 33.7 Å². The van der Waals surface area contributed by atoms with Crippen LogP contribution in [0.5, 0.6) is 0 Å². The molecule has 1 aliphatic carbocycles. The van der Waals surface area contributed by atoms with E-state index in [1.807, 2.05) is 12.1 Å². The Kier molecular flexibility index (Phi) is 7.17. The number of carbonyl (C=O) groups excluding carboxylic acids is 2. The van der Waals surface area contributed by atoms with E-state index in [9.17, 15) is 14.9 Å². The van der Waals surface area contributed by atoms with Gasteiger partial charge in [-0.15, -0.1) is 11.3 Å². The zero-order valence-electron chi connectivity index (χ0n) is 17.7. The van der Waals surface area contributed by atoms with E-state index in [4.69, 9.17) is 9.15 Å². The van der Waals surface area contributed by atoms with E-state index in [1.165, 1.54) is 23.7 Å². The minimum absolute atomic E-state index is 0.164. The number of nitrogens with one attached hydrogen (secondary N) is 2. The van der Waals surface area contributed by atoms with Crippen LogP contribution < -0.4 is 10.6 Å². The zero-order chi connectivity index (χ0) is 23.0. The number of hydrogen-bond donors (Lipinski definition) is 2. The Labute approximate surface area is 194 Å². The summed E-state index contributed by atoms with van der Waals surface area (Å²) in [5.74, 6) is 0.410. The van der Waals surface area contributed by atoms with Crippen LogP contribution in [-0.2, 0) is 28.9 Å². The van der Waals surface area contributed by atoms with Gasteiger partial charge in [-0.3, -0.25) is 9.78 Å². The zero-order valence-corrected chi connectivity index (χ0v) is 18.6. The summed E-state index contributed by atoms with van der Waals surface area (Å²) in [6.07, 6.45) is 9.57. The Bertz CT molecular complexity index is 1180. The largest absolute Gasteiger partial charge is 0.465 e. The summed E-state index contributed by atoms with van der Waals surface area (Å²) in [7, 11) is 0. The smallest absolute Gasteiger partial charge is 0.407 e. The predicted molar refractivity (Wildman–Crippen MR) is 123 cm³/mol. The van der Waals surface area contributed by atoms with Gasteiger partial charge >= 0.3 is 6.09 Å². The first-order valence-electron chi connectivity index (χ1n) is 10.5. The Morgan fingerprint density at radius 1 is 1.33 bits per heavy atom. The summed E-state index contributed by atoms with van der Waals surface area (Å²) in [6, 6.07) is 9.37. The number of furan rings is 1. The van der Waals surface area contributed by atoms with Crippen LogP contribution in [0.15, 0.2) is 53.4 Å². The highest BCUT2D eigenvalue weighted by atomic mass is 32.1. The molecule has 3 aromatic rings. The molecule has 0 saturated heterocycles. The molecule has 2 amide bonds. The molecule has 8 nitrogen and oxygen atoms in total. The molecule has 168 valence electrons. The SMILES string of the molecule is N#Cc1c(NC(=O)C=Cc2ccco2)sc2c1CCC(COC(=O)NCc1ccncc1)C2. The molecule has 1 atom stereocenters. The number of ether oxygens (including phenoxy) is 1. The van der Waals surface area contributed by atoms with Crippen molar-refractivity contribution in [2.24, 2.45) is 5.92 Å². The average molecular weight is 463 g/mol.